The fraction of sp³-hybridized carbons (Fsp3) is 0.700. The second kappa shape index (κ2) is 4.21. The molecule has 1 saturated heterocycles. The van der Waals surface area contributed by atoms with E-state index >= 15 is 0 Å². The minimum Gasteiger partial charge on any atom is -0.476 e. The number of carbonyl (C=O) groups is 1. The number of hydrogen-bond donors (Lipinski definition) is 1. The molecule has 1 aromatic heterocycles. The van der Waals surface area contributed by atoms with E-state index in [1.54, 1.807) is 11.7 Å². The molecule has 0 amide bonds. The van der Waals surface area contributed by atoms with Crippen LogP contribution in [0.3, 0.4) is 0 Å². The Balaban J connectivity index is 2.25. The van der Waals surface area contributed by atoms with Crippen molar-refractivity contribution in [3.63, 3.8) is 0 Å². The van der Waals surface area contributed by atoms with Crippen molar-refractivity contribution in [2.75, 3.05) is 20.1 Å². The largest absolute Gasteiger partial charge is 0.476 e. The van der Waals surface area contributed by atoms with Crippen molar-refractivity contribution in [2.24, 2.45) is 7.05 Å². The number of carboxylic acid groups (broad SMARTS) is 1. The summed E-state index contributed by atoms with van der Waals surface area (Å²) in [5.74, 6) is -0.718. The van der Waals surface area contributed by atoms with Gasteiger partial charge >= 0.3 is 5.97 Å². The number of rotatable bonds is 2. The normalized spacial score (nSPS) is 18.9. The molecular formula is C10H16N4O2. The first-order valence-electron chi connectivity index (χ1n) is 5.41. The van der Waals surface area contributed by atoms with Gasteiger partial charge in [-0.2, -0.15) is 0 Å². The van der Waals surface area contributed by atoms with Crippen LogP contribution in [0.2, 0.25) is 0 Å². The Bertz CT molecular complexity index is 394. The van der Waals surface area contributed by atoms with Crippen LogP contribution in [0.5, 0.6) is 0 Å². The monoisotopic (exact) mass is 224 g/mol. The third-order valence-corrected chi connectivity index (χ3v) is 3.18. The van der Waals surface area contributed by atoms with Crippen molar-refractivity contribution in [3.8, 4) is 0 Å². The third kappa shape index (κ3) is 1.92. The number of carboxylic acids is 1. The second-order valence-corrected chi connectivity index (χ2v) is 4.33. The highest BCUT2D eigenvalue weighted by atomic mass is 16.4. The van der Waals surface area contributed by atoms with Crippen molar-refractivity contribution < 1.29 is 9.90 Å². The summed E-state index contributed by atoms with van der Waals surface area (Å²) in [6, 6.07) is 0. The molecule has 1 aliphatic heterocycles. The van der Waals surface area contributed by atoms with Crippen LogP contribution in [-0.4, -0.2) is 51.1 Å². The average Bonchev–Trinajstić information content (AvgIpc) is 2.62. The van der Waals surface area contributed by atoms with E-state index in [0.717, 1.165) is 31.6 Å². The Morgan fingerprint density at radius 1 is 1.38 bits per heavy atom. The molecule has 1 aromatic rings. The van der Waals surface area contributed by atoms with Crippen LogP contribution >= 0.6 is 0 Å². The summed E-state index contributed by atoms with van der Waals surface area (Å²) in [6.07, 6.45) is 1.94. The zero-order valence-electron chi connectivity index (χ0n) is 9.55. The van der Waals surface area contributed by atoms with Gasteiger partial charge in [0.25, 0.3) is 0 Å². The van der Waals surface area contributed by atoms with E-state index in [-0.39, 0.29) is 11.6 Å². The molecule has 88 valence electrons. The summed E-state index contributed by atoms with van der Waals surface area (Å²) in [5.41, 5.74) is 0.873. The van der Waals surface area contributed by atoms with Crippen LogP contribution in [0, 0.1) is 0 Å². The Hall–Kier alpha value is -1.43. The molecule has 0 saturated carbocycles. The maximum absolute atomic E-state index is 11.0. The minimum atomic E-state index is -0.984. The first kappa shape index (κ1) is 11.1. The van der Waals surface area contributed by atoms with Crippen LogP contribution < -0.4 is 0 Å². The molecule has 0 radical (unpaired) electrons. The van der Waals surface area contributed by atoms with Gasteiger partial charge in [-0.3, -0.25) is 4.68 Å². The van der Waals surface area contributed by atoms with E-state index in [9.17, 15) is 4.79 Å². The Kier molecular flexibility index (Phi) is 2.91. The topological polar surface area (TPSA) is 71.2 Å². The zero-order chi connectivity index (χ0) is 11.7. The molecular weight excluding hydrogens is 208 g/mol. The van der Waals surface area contributed by atoms with Crippen LogP contribution in [-0.2, 0) is 7.05 Å². The number of hydrogen-bond acceptors (Lipinski definition) is 4. The maximum atomic E-state index is 11.0. The van der Waals surface area contributed by atoms with Crippen molar-refractivity contribution in [1.29, 1.82) is 0 Å². The van der Waals surface area contributed by atoms with E-state index < -0.39 is 5.97 Å². The van der Waals surface area contributed by atoms with E-state index in [2.05, 4.69) is 22.3 Å². The van der Waals surface area contributed by atoms with Gasteiger partial charge in [0.15, 0.2) is 5.69 Å². The van der Waals surface area contributed by atoms with Crippen molar-refractivity contribution in [3.05, 3.63) is 11.4 Å². The van der Waals surface area contributed by atoms with E-state index in [1.165, 1.54) is 0 Å². The lowest BCUT2D eigenvalue weighted by Crippen LogP contribution is -2.30. The first-order valence-corrected chi connectivity index (χ1v) is 5.41. The lowest BCUT2D eigenvalue weighted by molar-refractivity contribution is 0.0687. The third-order valence-electron chi connectivity index (χ3n) is 3.18. The molecule has 0 aliphatic carbocycles. The molecule has 0 unspecified atom stereocenters. The molecule has 0 bridgehead atoms. The standard InChI is InChI=1S/C10H16N4O2/c1-13-5-3-7(4-6-13)9-8(10(15)16)11-12-14(9)2/h7H,3-6H2,1-2H3,(H,15,16). The van der Waals surface area contributed by atoms with Gasteiger partial charge in [-0.1, -0.05) is 5.21 Å². The van der Waals surface area contributed by atoms with E-state index in [1.807, 2.05) is 0 Å². The lowest BCUT2D eigenvalue weighted by Gasteiger charge is -2.28. The number of nitrogens with zero attached hydrogens (tertiary/aromatic N) is 4. The fourth-order valence-electron chi connectivity index (χ4n) is 2.26. The molecule has 6 nitrogen and oxygen atoms in total. The van der Waals surface area contributed by atoms with Crippen molar-refractivity contribution in [2.45, 2.75) is 18.8 Å². The molecule has 1 N–H and O–H groups in total. The molecule has 0 spiro atoms. The highest BCUT2D eigenvalue weighted by Crippen LogP contribution is 2.28. The van der Waals surface area contributed by atoms with Crippen molar-refractivity contribution >= 4 is 5.97 Å². The predicted octanol–water partition coefficient (Wildman–Crippen LogP) is 0.322. The number of piperidine rings is 1. The molecule has 6 heteroatoms. The number of aromatic nitrogens is 3. The SMILES string of the molecule is CN1CCC(c2c(C(=O)O)nnn2C)CC1. The summed E-state index contributed by atoms with van der Waals surface area (Å²) in [7, 11) is 3.84. The summed E-state index contributed by atoms with van der Waals surface area (Å²) >= 11 is 0. The molecule has 2 rings (SSSR count). The maximum Gasteiger partial charge on any atom is 0.358 e. The zero-order valence-corrected chi connectivity index (χ0v) is 9.55. The number of aromatic carboxylic acids is 1. The van der Waals surface area contributed by atoms with Gasteiger partial charge in [-0.15, -0.1) is 5.10 Å². The highest BCUT2D eigenvalue weighted by molar-refractivity contribution is 5.86. The summed E-state index contributed by atoms with van der Waals surface area (Å²) < 4.78 is 1.60. The second-order valence-electron chi connectivity index (χ2n) is 4.33. The summed E-state index contributed by atoms with van der Waals surface area (Å²) in [6.45, 7) is 1.99. The van der Waals surface area contributed by atoms with Gasteiger partial charge in [0.1, 0.15) is 0 Å². The summed E-state index contributed by atoms with van der Waals surface area (Å²) in [5, 5.41) is 16.5. The van der Waals surface area contributed by atoms with Crippen molar-refractivity contribution in [1.82, 2.24) is 19.9 Å². The fourth-order valence-corrected chi connectivity index (χ4v) is 2.26. The lowest BCUT2D eigenvalue weighted by atomic mass is 9.92. The molecule has 2 heterocycles. The molecule has 0 aromatic carbocycles. The van der Waals surface area contributed by atoms with Crippen LogP contribution in [0.4, 0.5) is 0 Å². The molecule has 1 aliphatic rings. The average molecular weight is 224 g/mol. The van der Waals surface area contributed by atoms with Gasteiger partial charge < -0.3 is 10.0 Å². The van der Waals surface area contributed by atoms with Gasteiger partial charge in [0, 0.05) is 13.0 Å². The molecule has 1 fully saturated rings. The van der Waals surface area contributed by atoms with Crippen LogP contribution in [0.15, 0.2) is 0 Å². The smallest absolute Gasteiger partial charge is 0.358 e. The van der Waals surface area contributed by atoms with Gasteiger partial charge in [0.2, 0.25) is 0 Å². The summed E-state index contributed by atoms with van der Waals surface area (Å²) in [4.78, 5) is 13.3. The number of aryl methyl sites for hydroxylation is 1. The van der Waals surface area contributed by atoms with Gasteiger partial charge in [-0.25, -0.2) is 4.79 Å². The molecule has 0 atom stereocenters. The van der Waals surface area contributed by atoms with Gasteiger partial charge in [-0.05, 0) is 33.0 Å². The first-order chi connectivity index (χ1) is 7.59. The Morgan fingerprint density at radius 2 is 2.00 bits per heavy atom. The van der Waals surface area contributed by atoms with E-state index in [0.29, 0.717) is 0 Å². The predicted molar refractivity (Wildman–Crippen MR) is 57.4 cm³/mol. The van der Waals surface area contributed by atoms with Gasteiger partial charge in [0.05, 0.1) is 5.69 Å². The Labute approximate surface area is 93.9 Å². The highest BCUT2D eigenvalue weighted by Gasteiger charge is 2.27. The quantitative estimate of drug-likeness (QED) is 0.783. The van der Waals surface area contributed by atoms with Crippen LogP contribution in [0.1, 0.15) is 34.9 Å². The van der Waals surface area contributed by atoms with E-state index in [4.69, 9.17) is 5.11 Å². The Morgan fingerprint density at radius 3 is 2.56 bits per heavy atom. The number of likely N-dealkylation sites (tertiary alicyclic amines) is 1. The van der Waals surface area contributed by atoms with Crippen LogP contribution in [0.25, 0.3) is 0 Å². The minimum absolute atomic E-state index is 0.108. The molecule has 16 heavy (non-hydrogen) atoms.